The standard InChI is InChI=1S/C12H16BrNO2/c1-12(2,3)8-14(11(15)16)10-6-4-5-9(13)7-10/h4-7H,8H2,1-3H3,(H,15,16). The minimum Gasteiger partial charge on any atom is -0.465 e. The number of anilines is 1. The molecule has 0 fully saturated rings. The van der Waals surface area contributed by atoms with E-state index in [0.29, 0.717) is 12.2 Å². The van der Waals surface area contributed by atoms with Crippen molar-refractivity contribution >= 4 is 27.7 Å². The van der Waals surface area contributed by atoms with Crippen molar-refractivity contribution in [2.75, 3.05) is 11.4 Å². The van der Waals surface area contributed by atoms with Crippen LogP contribution in [-0.2, 0) is 0 Å². The quantitative estimate of drug-likeness (QED) is 0.893. The van der Waals surface area contributed by atoms with Crippen LogP contribution < -0.4 is 4.90 Å². The first kappa shape index (κ1) is 13.0. The Balaban J connectivity index is 2.99. The molecule has 0 atom stereocenters. The fourth-order valence-corrected chi connectivity index (χ4v) is 1.77. The molecule has 0 saturated carbocycles. The van der Waals surface area contributed by atoms with E-state index >= 15 is 0 Å². The molecule has 3 nitrogen and oxygen atoms in total. The molecule has 16 heavy (non-hydrogen) atoms. The lowest BCUT2D eigenvalue weighted by atomic mass is 9.96. The first-order valence-corrected chi connectivity index (χ1v) is 5.85. The minimum atomic E-state index is -0.923. The molecule has 0 saturated heterocycles. The highest BCUT2D eigenvalue weighted by atomic mass is 79.9. The van der Waals surface area contributed by atoms with Gasteiger partial charge >= 0.3 is 6.09 Å². The number of carbonyl (C=O) groups is 1. The highest BCUT2D eigenvalue weighted by Gasteiger charge is 2.21. The molecule has 0 radical (unpaired) electrons. The van der Waals surface area contributed by atoms with Crippen molar-refractivity contribution in [2.45, 2.75) is 20.8 Å². The topological polar surface area (TPSA) is 40.5 Å². The number of halogens is 1. The van der Waals surface area contributed by atoms with Gasteiger partial charge in [0.25, 0.3) is 0 Å². The molecule has 4 heteroatoms. The van der Waals surface area contributed by atoms with E-state index < -0.39 is 6.09 Å². The Bertz CT molecular complexity index is 385. The summed E-state index contributed by atoms with van der Waals surface area (Å²) < 4.78 is 0.880. The minimum absolute atomic E-state index is 0.0687. The molecule has 0 aliphatic heterocycles. The monoisotopic (exact) mass is 285 g/mol. The van der Waals surface area contributed by atoms with Gasteiger partial charge in [-0.1, -0.05) is 42.8 Å². The first-order valence-electron chi connectivity index (χ1n) is 5.06. The molecule has 0 aromatic heterocycles. The Morgan fingerprint density at radius 3 is 2.50 bits per heavy atom. The van der Waals surface area contributed by atoms with E-state index in [-0.39, 0.29) is 5.41 Å². The van der Waals surface area contributed by atoms with Crippen LogP contribution in [0.2, 0.25) is 0 Å². The molecule has 1 amide bonds. The van der Waals surface area contributed by atoms with Gasteiger partial charge in [0.05, 0.1) is 0 Å². The number of nitrogens with zero attached hydrogens (tertiary/aromatic N) is 1. The highest BCUT2D eigenvalue weighted by molar-refractivity contribution is 9.10. The Labute approximate surface area is 104 Å². The van der Waals surface area contributed by atoms with Gasteiger partial charge in [0, 0.05) is 16.7 Å². The summed E-state index contributed by atoms with van der Waals surface area (Å²) in [7, 11) is 0. The van der Waals surface area contributed by atoms with Crippen molar-refractivity contribution in [3.63, 3.8) is 0 Å². The molecule has 0 unspecified atom stereocenters. The lowest BCUT2D eigenvalue weighted by Crippen LogP contribution is -2.36. The van der Waals surface area contributed by atoms with Crippen LogP contribution in [-0.4, -0.2) is 17.7 Å². The van der Waals surface area contributed by atoms with Crippen LogP contribution in [0.4, 0.5) is 10.5 Å². The fourth-order valence-electron chi connectivity index (χ4n) is 1.39. The van der Waals surface area contributed by atoms with E-state index in [9.17, 15) is 9.90 Å². The number of amides is 1. The Morgan fingerprint density at radius 2 is 2.06 bits per heavy atom. The zero-order valence-electron chi connectivity index (χ0n) is 9.70. The van der Waals surface area contributed by atoms with Gasteiger partial charge in [-0.3, -0.25) is 4.90 Å². The Kier molecular flexibility index (Phi) is 3.97. The fraction of sp³-hybridized carbons (Fsp3) is 0.417. The molecule has 0 aliphatic rings. The van der Waals surface area contributed by atoms with Gasteiger partial charge in [-0.05, 0) is 23.6 Å². The highest BCUT2D eigenvalue weighted by Crippen LogP contribution is 2.24. The predicted octanol–water partition coefficient (Wildman–Crippen LogP) is 3.98. The maximum Gasteiger partial charge on any atom is 0.411 e. The second-order valence-corrected chi connectivity index (χ2v) is 5.82. The summed E-state index contributed by atoms with van der Waals surface area (Å²) in [4.78, 5) is 12.6. The number of hydrogen-bond donors (Lipinski definition) is 1. The van der Waals surface area contributed by atoms with E-state index in [1.807, 2.05) is 32.9 Å². The van der Waals surface area contributed by atoms with Gasteiger partial charge < -0.3 is 5.11 Å². The molecule has 1 rings (SSSR count). The van der Waals surface area contributed by atoms with Gasteiger partial charge in [-0.25, -0.2) is 4.79 Å². The van der Waals surface area contributed by atoms with Crippen LogP contribution in [0.15, 0.2) is 28.7 Å². The molecular formula is C12H16BrNO2. The summed E-state index contributed by atoms with van der Waals surface area (Å²) in [6.45, 7) is 6.52. The van der Waals surface area contributed by atoms with Gasteiger partial charge in [-0.2, -0.15) is 0 Å². The summed E-state index contributed by atoms with van der Waals surface area (Å²) >= 11 is 3.34. The van der Waals surface area contributed by atoms with Crippen molar-refractivity contribution in [2.24, 2.45) is 5.41 Å². The predicted molar refractivity (Wildman–Crippen MR) is 69.0 cm³/mol. The molecule has 0 bridgehead atoms. The smallest absolute Gasteiger partial charge is 0.411 e. The Hall–Kier alpha value is -1.03. The third kappa shape index (κ3) is 3.85. The van der Waals surface area contributed by atoms with Crippen LogP contribution in [0, 0.1) is 5.41 Å². The number of benzene rings is 1. The van der Waals surface area contributed by atoms with Gasteiger partial charge in [0.2, 0.25) is 0 Å². The van der Waals surface area contributed by atoms with E-state index in [1.165, 1.54) is 4.90 Å². The zero-order valence-corrected chi connectivity index (χ0v) is 11.3. The number of rotatable bonds is 2. The SMILES string of the molecule is CC(C)(C)CN(C(=O)O)c1cccc(Br)c1. The second kappa shape index (κ2) is 4.87. The third-order valence-corrected chi connectivity index (χ3v) is 2.48. The summed E-state index contributed by atoms with van der Waals surface area (Å²) in [5.41, 5.74) is 0.623. The van der Waals surface area contributed by atoms with Gasteiger partial charge in [0.1, 0.15) is 0 Å². The van der Waals surface area contributed by atoms with Crippen LogP contribution in [0.25, 0.3) is 0 Å². The molecule has 1 aromatic carbocycles. The maximum atomic E-state index is 11.2. The molecule has 1 N–H and O–H groups in total. The van der Waals surface area contributed by atoms with E-state index in [1.54, 1.807) is 12.1 Å². The summed E-state index contributed by atoms with van der Waals surface area (Å²) in [5.74, 6) is 0. The van der Waals surface area contributed by atoms with Crippen LogP contribution >= 0.6 is 15.9 Å². The van der Waals surface area contributed by atoms with Crippen molar-refractivity contribution in [3.8, 4) is 0 Å². The summed E-state index contributed by atoms with van der Waals surface area (Å²) in [6.07, 6.45) is -0.923. The molecule has 0 spiro atoms. The lowest BCUT2D eigenvalue weighted by Gasteiger charge is -2.27. The average molecular weight is 286 g/mol. The van der Waals surface area contributed by atoms with Crippen molar-refractivity contribution in [3.05, 3.63) is 28.7 Å². The Morgan fingerprint density at radius 1 is 1.44 bits per heavy atom. The molecule has 88 valence electrons. The van der Waals surface area contributed by atoms with E-state index in [2.05, 4.69) is 15.9 Å². The maximum absolute atomic E-state index is 11.2. The van der Waals surface area contributed by atoms with Crippen molar-refractivity contribution in [1.29, 1.82) is 0 Å². The van der Waals surface area contributed by atoms with Crippen LogP contribution in [0.1, 0.15) is 20.8 Å². The summed E-state index contributed by atoms with van der Waals surface area (Å²) in [6, 6.07) is 7.31. The average Bonchev–Trinajstić information content (AvgIpc) is 2.12. The lowest BCUT2D eigenvalue weighted by molar-refractivity contribution is 0.198. The number of carboxylic acid groups (broad SMARTS) is 1. The summed E-state index contributed by atoms with van der Waals surface area (Å²) in [5, 5.41) is 9.19. The number of hydrogen-bond acceptors (Lipinski definition) is 1. The molecular weight excluding hydrogens is 270 g/mol. The van der Waals surface area contributed by atoms with Crippen LogP contribution in [0.5, 0.6) is 0 Å². The third-order valence-electron chi connectivity index (χ3n) is 1.98. The van der Waals surface area contributed by atoms with Crippen molar-refractivity contribution < 1.29 is 9.90 Å². The van der Waals surface area contributed by atoms with Gasteiger partial charge in [-0.15, -0.1) is 0 Å². The molecule has 0 heterocycles. The molecule has 1 aromatic rings. The largest absolute Gasteiger partial charge is 0.465 e. The van der Waals surface area contributed by atoms with Gasteiger partial charge in [0.15, 0.2) is 0 Å². The zero-order chi connectivity index (χ0) is 12.3. The molecule has 0 aliphatic carbocycles. The van der Waals surface area contributed by atoms with E-state index in [0.717, 1.165) is 4.47 Å². The second-order valence-electron chi connectivity index (χ2n) is 4.91. The van der Waals surface area contributed by atoms with E-state index in [4.69, 9.17) is 0 Å². The van der Waals surface area contributed by atoms with Crippen LogP contribution in [0.3, 0.4) is 0 Å². The normalized spacial score (nSPS) is 11.2. The van der Waals surface area contributed by atoms with Crippen molar-refractivity contribution in [1.82, 2.24) is 0 Å². The first-order chi connectivity index (χ1) is 7.29.